The predicted molar refractivity (Wildman–Crippen MR) is 86.5 cm³/mol. The lowest BCUT2D eigenvalue weighted by Gasteiger charge is -2.37. The summed E-state index contributed by atoms with van der Waals surface area (Å²) in [7, 11) is 0. The molecule has 1 aromatic carbocycles. The number of carbonyl (C=O) groups is 1. The van der Waals surface area contributed by atoms with Gasteiger partial charge in [-0.2, -0.15) is 4.98 Å². The lowest BCUT2D eigenvalue weighted by molar-refractivity contribution is 0.147. The zero-order valence-corrected chi connectivity index (χ0v) is 13.1. The Morgan fingerprint density at radius 2 is 2.08 bits per heavy atom. The van der Waals surface area contributed by atoms with Crippen molar-refractivity contribution in [3.63, 3.8) is 0 Å². The third kappa shape index (κ3) is 2.64. The van der Waals surface area contributed by atoms with Crippen LogP contribution in [-0.4, -0.2) is 34.2 Å². The standard InChI is InChI=1S/C17H16N4O3/c1-11-5-2-3-6-13(11)18-17(22)21-9-12(10-21)16-19-15(20-24-16)14-7-4-8-23-14/h2-8,12H,9-10H2,1H3,(H,18,22). The second-order valence-corrected chi connectivity index (χ2v) is 5.78. The molecule has 0 bridgehead atoms. The molecule has 3 aromatic rings. The topological polar surface area (TPSA) is 84.4 Å². The number of amides is 2. The SMILES string of the molecule is Cc1ccccc1NC(=O)N1CC(c2nc(-c3ccco3)no2)C1. The minimum atomic E-state index is -0.119. The second kappa shape index (κ2) is 5.84. The molecule has 7 heteroatoms. The van der Waals surface area contributed by atoms with E-state index in [1.54, 1.807) is 23.3 Å². The van der Waals surface area contributed by atoms with Gasteiger partial charge in [0.25, 0.3) is 0 Å². The number of carbonyl (C=O) groups excluding carboxylic acids is 1. The van der Waals surface area contributed by atoms with Crippen LogP contribution in [0.25, 0.3) is 11.6 Å². The van der Waals surface area contributed by atoms with E-state index in [0.717, 1.165) is 11.3 Å². The molecule has 7 nitrogen and oxygen atoms in total. The Balaban J connectivity index is 1.36. The Morgan fingerprint density at radius 1 is 1.25 bits per heavy atom. The first-order chi connectivity index (χ1) is 11.7. The summed E-state index contributed by atoms with van der Waals surface area (Å²) in [4.78, 5) is 18.3. The molecule has 1 N–H and O–H groups in total. The lowest BCUT2D eigenvalue weighted by atomic mass is 10.0. The number of rotatable bonds is 3. The molecule has 2 aromatic heterocycles. The second-order valence-electron chi connectivity index (χ2n) is 5.78. The van der Waals surface area contributed by atoms with Gasteiger partial charge in [-0.15, -0.1) is 0 Å². The van der Waals surface area contributed by atoms with Crippen LogP contribution in [0.5, 0.6) is 0 Å². The molecule has 1 saturated heterocycles. The van der Waals surface area contributed by atoms with Gasteiger partial charge in [0, 0.05) is 18.8 Å². The molecule has 0 unspecified atom stereocenters. The first-order valence-corrected chi connectivity index (χ1v) is 7.70. The zero-order valence-electron chi connectivity index (χ0n) is 13.1. The summed E-state index contributed by atoms with van der Waals surface area (Å²) in [5, 5.41) is 6.83. The number of furan rings is 1. The molecule has 4 rings (SSSR count). The van der Waals surface area contributed by atoms with Crippen LogP contribution in [0.4, 0.5) is 10.5 Å². The fraction of sp³-hybridized carbons (Fsp3) is 0.235. The monoisotopic (exact) mass is 324 g/mol. The lowest BCUT2D eigenvalue weighted by Crippen LogP contribution is -2.50. The molecule has 1 aliphatic heterocycles. The van der Waals surface area contributed by atoms with E-state index in [0.29, 0.717) is 30.6 Å². The van der Waals surface area contributed by atoms with Crippen molar-refractivity contribution in [3.05, 3.63) is 54.1 Å². The maximum absolute atomic E-state index is 12.2. The molecular weight excluding hydrogens is 308 g/mol. The Labute approximate surface area is 138 Å². The van der Waals surface area contributed by atoms with Gasteiger partial charge in [-0.25, -0.2) is 4.79 Å². The van der Waals surface area contributed by atoms with Gasteiger partial charge in [0.05, 0.1) is 12.2 Å². The largest absolute Gasteiger partial charge is 0.461 e. The summed E-state index contributed by atoms with van der Waals surface area (Å²) in [6, 6.07) is 11.1. The van der Waals surface area contributed by atoms with Crippen molar-refractivity contribution in [1.29, 1.82) is 0 Å². The minimum absolute atomic E-state index is 0.0591. The summed E-state index contributed by atoms with van der Waals surface area (Å²) < 4.78 is 10.5. The molecule has 2 amide bonds. The maximum atomic E-state index is 12.2. The zero-order chi connectivity index (χ0) is 16.5. The van der Waals surface area contributed by atoms with E-state index in [9.17, 15) is 4.79 Å². The van der Waals surface area contributed by atoms with E-state index < -0.39 is 0 Å². The van der Waals surface area contributed by atoms with Crippen molar-refractivity contribution in [1.82, 2.24) is 15.0 Å². The van der Waals surface area contributed by atoms with Gasteiger partial charge in [-0.3, -0.25) is 0 Å². The Bertz CT molecular complexity index is 850. The number of urea groups is 1. The quantitative estimate of drug-likeness (QED) is 0.799. The molecule has 122 valence electrons. The van der Waals surface area contributed by atoms with Crippen LogP contribution in [0.1, 0.15) is 17.4 Å². The van der Waals surface area contributed by atoms with Crippen LogP contribution in [0.2, 0.25) is 0 Å². The molecule has 0 aliphatic carbocycles. The molecule has 3 heterocycles. The summed E-state index contributed by atoms with van der Waals surface area (Å²) in [6.45, 7) is 3.07. The van der Waals surface area contributed by atoms with Crippen molar-refractivity contribution in [2.75, 3.05) is 18.4 Å². The van der Waals surface area contributed by atoms with Gasteiger partial charge in [-0.05, 0) is 30.7 Å². The summed E-state index contributed by atoms with van der Waals surface area (Å²) in [6.07, 6.45) is 1.56. The first kappa shape index (κ1) is 14.5. The van der Waals surface area contributed by atoms with Crippen LogP contribution >= 0.6 is 0 Å². The van der Waals surface area contributed by atoms with Gasteiger partial charge in [0.15, 0.2) is 5.76 Å². The molecule has 1 aliphatic rings. The maximum Gasteiger partial charge on any atom is 0.321 e. The Kier molecular flexibility index (Phi) is 3.53. The molecule has 1 fully saturated rings. The van der Waals surface area contributed by atoms with E-state index in [1.807, 2.05) is 31.2 Å². The number of nitrogens with one attached hydrogen (secondary N) is 1. The van der Waals surface area contributed by atoms with Crippen LogP contribution in [0, 0.1) is 6.92 Å². The Morgan fingerprint density at radius 3 is 2.83 bits per heavy atom. The van der Waals surface area contributed by atoms with E-state index in [-0.39, 0.29) is 11.9 Å². The van der Waals surface area contributed by atoms with Gasteiger partial charge in [0.1, 0.15) is 0 Å². The highest BCUT2D eigenvalue weighted by molar-refractivity contribution is 5.90. The number of para-hydroxylation sites is 1. The van der Waals surface area contributed by atoms with Gasteiger partial charge >= 0.3 is 6.03 Å². The normalized spacial score (nSPS) is 14.5. The molecule has 0 spiro atoms. The highest BCUT2D eigenvalue weighted by atomic mass is 16.5. The van der Waals surface area contributed by atoms with Crippen molar-refractivity contribution < 1.29 is 13.7 Å². The number of nitrogens with zero attached hydrogens (tertiary/aromatic N) is 3. The van der Waals surface area contributed by atoms with E-state index in [2.05, 4.69) is 15.5 Å². The minimum Gasteiger partial charge on any atom is -0.461 e. The third-order valence-electron chi connectivity index (χ3n) is 4.09. The van der Waals surface area contributed by atoms with Gasteiger partial charge < -0.3 is 19.2 Å². The number of likely N-dealkylation sites (tertiary alicyclic amines) is 1. The number of hydrogen-bond acceptors (Lipinski definition) is 5. The first-order valence-electron chi connectivity index (χ1n) is 7.70. The van der Waals surface area contributed by atoms with Crippen molar-refractivity contribution in [2.24, 2.45) is 0 Å². The highest BCUT2D eigenvalue weighted by Gasteiger charge is 2.36. The molecule has 0 saturated carbocycles. The van der Waals surface area contributed by atoms with E-state index in [4.69, 9.17) is 8.94 Å². The van der Waals surface area contributed by atoms with Crippen molar-refractivity contribution >= 4 is 11.7 Å². The molecular formula is C17H16N4O3. The summed E-state index contributed by atoms with van der Waals surface area (Å²) in [5.41, 5.74) is 1.85. The van der Waals surface area contributed by atoms with E-state index >= 15 is 0 Å². The molecule has 24 heavy (non-hydrogen) atoms. The number of aryl methyl sites for hydroxylation is 1. The van der Waals surface area contributed by atoms with Gasteiger partial charge in [-0.1, -0.05) is 23.4 Å². The number of aromatic nitrogens is 2. The number of benzene rings is 1. The van der Waals surface area contributed by atoms with E-state index in [1.165, 1.54) is 0 Å². The van der Waals surface area contributed by atoms with Crippen LogP contribution in [0.15, 0.2) is 51.6 Å². The average Bonchev–Trinajstić information content (AvgIpc) is 3.19. The smallest absolute Gasteiger partial charge is 0.321 e. The summed E-state index contributed by atoms with van der Waals surface area (Å²) in [5.74, 6) is 1.58. The van der Waals surface area contributed by atoms with Gasteiger partial charge in [0.2, 0.25) is 11.7 Å². The van der Waals surface area contributed by atoms with Crippen molar-refractivity contribution in [2.45, 2.75) is 12.8 Å². The van der Waals surface area contributed by atoms with Crippen LogP contribution < -0.4 is 5.32 Å². The van der Waals surface area contributed by atoms with Crippen LogP contribution in [0.3, 0.4) is 0 Å². The summed E-state index contributed by atoms with van der Waals surface area (Å²) >= 11 is 0. The Hall–Kier alpha value is -3.09. The highest BCUT2D eigenvalue weighted by Crippen LogP contribution is 2.28. The molecule has 0 radical (unpaired) electrons. The number of anilines is 1. The average molecular weight is 324 g/mol. The fourth-order valence-electron chi connectivity index (χ4n) is 2.61. The van der Waals surface area contributed by atoms with Crippen LogP contribution in [-0.2, 0) is 0 Å². The number of hydrogen-bond donors (Lipinski definition) is 1. The third-order valence-corrected chi connectivity index (χ3v) is 4.09. The predicted octanol–water partition coefficient (Wildman–Crippen LogP) is 3.27. The van der Waals surface area contributed by atoms with Crippen molar-refractivity contribution in [3.8, 4) is 11.6 Å². The fourth-order valence-corrected chi connectivity index (χ4v) is 2.61. The molecule has 0 atom stereocenters.